The van der Waals surface area contributed by atoms with E-state index in [2.05, 4.69) is 44.2 Å². The quantitative estimate of drug-likeness (QED) is 0.632. The fourth-order valence-electron chi connectivity index (χ4n) is 3.90. The lowest BCUT2D eigenvalue weighted by molar-refractivity contribution is 0.0697. The minimum absolute atomic E-state index is 0.413. The van der Waals surface area contributed by atoms with Crippen LogP contribution >= 0.6 is 0 Å². The number of para-hydroxylation sites is 1. The molecule has 1 heterocycles. The number of aromatic nitrogens is 1. The molecule has 1 aromatic heterocycles. The van der Waals surface area contributed by atoms with Crippen LogP contribution in [0.2, 0.25) is 0 Å². The molecule has 0 saturated carbocycles. The number of fused-ring (bicyclic) bond motifs is 2. The predicted molar refractivity (Wildman–Crippen MR) is 110 cm³/mol. The second kappa shape index (κ2) is 6.99. The highest BCUT2D eigenvalue weighted by Crippen LogP contribution is 2.36. The maximum absolute atomic E-state index is 12.0. The molecular formula is C24H23NO2. The molecule has 0 amide bonds. The van der Waals surface area contributed by atoms with Gasteiger partial charge in [0.2, 0.25) is 0 Å². The summed E-state index contributed by atoms with van der Waals surface area (Å²) in [6.45, 7) is 4.38. The number of allylic oxidation sites excluding steroid dienone is 1. The summed E-state index contributed by atoms with van der Waals surface area (Å²) in [4.78, 5) is 16.9. The Morgan fingerprint density at radius 2 is 1.81 bits per heavy atom. The lowest BCUT2D eigenvalue weighted by atomic mass is 9.86. The smallest absolute Gasteiger partial charge is 0.336 e. The van der Waals surface area contributed by atoms with Crippen LogP contribution in [0.1, 0.15) is 65.3 Å². The first-order valence-electron chi connectivity index (χ1n) is 9.50. The Bertz CT molecular complexity index is 1050. The number of nitrogens with zero attached hydrogens (tertiary/aromatic N) is 1. The Kier molecular flexibility index (Phi) is 4.53. The summed E-state index contributed by atoms with van der Waals surface area (Å²) < 4.78 is 0. The molecule has 4 rings (SSSR count). The lowest BCUT2D eigenvalue weighted by Crippen LogP contribution is -2.13. The standard InChI is InChI=1S/C24H23NO2/c1-15(2)17-12-10-16(11-13-17)14-18-6-5-8-20-22(24(26)27)19-7-3-4-9-21(19)25-23(18)20/h3-4,7,9-15H,5-6,8H2,1-2H3,(H,26,27). The van der Waals surface area contributed by atoms with Gasteiger partial charge in [-0.1, -0.05) is 56.3 Å². The fraction of sp³-hybridized carbons (Fsp3) is 0.250. The molecule has 0 atom stereocenters. The van der Waals surface area contributed by atoms with Crippen molar-refractivity contribution in [2.75, 3.05) is 0 Å². The van der Waals surface area contributed by atoms with Gasteiger partial charge in [0, 0.05) is 5.39 Å². The van der Waals surface area contributed by atoms with E-state index >= 15 is 0 Å². The monoisotopic (exact) mass is 357 g/mol. The van der Waals surface area contributed by atoms with Gasteiger partial charge in [0.05, 0.1) is 16.8 Å². The summed E-state index contributed by atoms with van der Waals surface area (Å²) in [5.74, 6) is -0.361. The van der Waals surface area contributed by atoms with Crippen molar-refractivity contribution in [3.8, 4) is 0 Å². The number of carbonyl (C=O) groups is 1. The zero-order valence-corrected chi connectivity index (χ0v) is 15.7. The molecular weight excluding hydrogens is 334 g/mol. The maximum Gasteiger partial charge on any atom is 0.336 e. The van der Waals surface area contributed by atoms with E-state index in [1.165, 1.54) is 5.56 Å². The third-order valence-electron chi connectivity index (χ3n) is 5.33. The highest BCUT2D eigenvalue weighted by molar-refractivity contribution is 6.05. The molecule has 3 nitrogen and oxygen atoms in total. The number of benzene rings is 2. The molecule has 3 aromatic rings. The van der Waals surface area contributed by atoms with E-state index in [4.69, 9.17) is 4.98 Å². The van der Waals surface area contributed by atoms with Crippen LogP contribution < -0.4 is 0 Å². The minimum atomic E-state index is -0.868. The number of carboxylic acid groups (broad SMARTS) is 1. The van der Waals surface area contributed by atoms with Crippen LogP contribution in [0.15, 0.2) is 48.5 Å². The Hall–Kier alpha value is -2.94. The Labute approximate surface area is 159 Å². The van der Waals surface area contributed by atoms with Crippen LogP contribution in [0.4, 0.5) is 0 Å². The first-order valence-corrected chi connectivity index (χ1v) is 9.50. The van der Waals surface area contributed by atoms with Gasteiger partial charge < -0.3 is 5.11 Å². The molecule has 1 N–H and O–H groups in total. The molecule has 0 unspecified atom stereocenters. The summed E-state index contributed by atoms with van der Waals surface area (Å²) in [5.41, 5.74) is 6.46. The van der Waals surface area contributed by atoms with E-state index in [9.17, 15) is 9.90 Å². The van der Waals surface area contributed by atoms with Gasteiger partial charge in [-0.25, -0.2) is 9.78 Å². The number of carboxylic acids is 1. The van der Waals surface area contributed by atoms with E-state index in [-0.39, 0.29) is 0 Å². The predicted octanol–water partition coefficient (Wildman–Crippen LogP) is 5.93. The summed E-state index contributed by atoms with van der Waals surface area (Å²) in [5, 5.41) is 10.6. The third kappa shape index (κ3) is 3.25. The van der Waals surface area contributed by atoms with E-state index in [0.29, 0.717) is 11.5 Å². The van der Waals surface area contributed by atoms with E-state index in [0.717, 1.165) is 52.6 Å². The number of hydrogen-bond acceptors (Lipinski definition) is 2. The number of pyridine rings is 1. The van der Waals surface area contributed by atoms with E-state index < -0.39 is 5.97 Å². The van der Waals surface area contributed by atoms with Crippen molar-refractivity contribution < 1.29 is 9.90 Å². The van der Waals surface area contributed by atoms with Crippen molar-refractivity contribution in [1.82, 2.24) is 4.98 Å². The molecule has 2 aromatic carbocycles. The summed E-state index contributed by atoms with van der Waals surface area (Å²) >= 11 is 0. The second-order valence-corrected chi connectivity index (χ2v) is 7.48. The molecule has 0 bridgehead atoms. The van der Waals surface area contributed by atoms with Crippen molar-refractivity contribution in [2.45, 2.75) is 39.0 Å². The fourth-order valence-corrected chi connectivity index (χ4v) is 3.90. The molecule has 1 aliphatic rings. The topological polar surface area (TPSA) is 50.2 Å². The van der Waals surface area contributed by atoms with Crippen LogP contribution in [0, 0.1) is 0 Å². The highest BCUT2D eigenvalue weighted by Gasteiger charge is 2.24. The van der Waals surface area contributed by atoms with Crippen molar-refractivity contribution in [2.24, 2.45) is 0 Å². The highest BCUT2D eigenvalue weighted by atomic mass is 16.4. The Morgan fingerprint density at radius 1 is 1.07 bits per heavy atom. The average Bonchev–Trinajstić information content (AvgIpc) is 2.66. The van der Waals surface area contributed by atoms with Gasteiger partial charge >= 0.3 is 5.97 Å². The summed E-state index contributed by atoms with van der Waals surface area (Å²) in [7, 11) is 0. The number of hydrogen-bond donors (Lipinski definition) is 1. The van der Waals surface area contributed by atoms with Crippen LogP contribution in [-0.2, 0) is 6.42 Å². The van der Waals surface area contributed by atoms with E-state index in [1.807, 2.05) is 24.3 Å². The molecule has 0 fully saturated rings. The number of rotatable bonds is 3. The summed E-state index contributed by atoms with van der Waals surface area (Å²) in [6, 6.07) is 16.1. The zero-order valence-electron chi connectivity index (χ0n) is 15.7. The van der Waals surface area contributed by atoms with Gasteiger partial charge in [0.15, 0.2) is 0 Å². The largest absolute Gasteiger partial charge is 0.478 e. The zero-order chi connectivity index (χ0) is 19.0. The van der Waals surface area contributed by atoms with E-state index in [1.54, 1.807) is 0 Å². The normalized spacial score (nSPS) is 15.3. The lowest BCUT2D eigenvalue weighted by Gasteiger charge is -2.21. The van der Waals surface area contributed by atoms with Gasteiger partial charge in [-0.2, -0.15) is 0 Å². The Balaban J connectivity index is 1.87. The summed E-state index contributed by atoms with van der Waals surface area (Å²) in [6.07, 6.45) is 4.79. The van der Waals surface area contributed by atoms with Crippen LogP contribution in [-0.4, -0.2) is 16.1 Å². The van der Waals surface area contributed by atoms with Crippen molar-refractivity contribution in [3.63, 3.8) is 0 Å². The van der Waals surface area contributed by atoms with Gasteiger partial charge in [0.25, 0.3) is 0 Å². The Morgan fingerprint density at radius 3 is 2.52 bits per heavy atom. The SMILES string of the molecule is CC(C)c1ccc(C=C2CCCc3c2nc2ccccc2c3C(=O)O)cc1. The van der Waals surface area contributed by atoms with Crippen molar-refractivity contribution in [1.29, 1.82) is 0 Å². The van der Waals surface area contributed by atoms with Crippen LogP contribution in [0.25, 0.3) is 22.6 Å². The minimum Gasteiger partial charge on any atom is -0.478 e. The first-order chi connectivity index (χ1) is 13.0. The maximum atomic E-state index is 12.0. The van der Waals surface area contributed by atoms with Crippen LogP contribution in [0.5, 0.6) is 0 Å². The van der Waals surface area contributed by atoms with Gasteiger partial charge in [-0.3, -0.25) is 0 Å². The van der Waals surface area contributed by atoms with Crippen molar-refractivity contribution in [3.05, 3.63) is 76.5 Å². The molecule has 0 saturated heterocycles. The van der Waals surface area contributed by atoms with Crippen LogP contribution in [0.3, 0.4) is 0 Å². The van der Waals surface area contributed by atoms with Crippen molar-refractivity contribution >= 4 is 28.5 Å². The van der Waals surface area contributed by atoms with Gasteiger partial charge in [-0.05, 0) is 59.6 Å². The van der Waals surface area contributed by atoms with Gasteiger partial charge in [0.1, 0.15) is 0 Å². The van der Waals surface area contributed by atoms with Gasteiger partial charge in [-0.15, -0.1) is 0 Å². The average molecular weight is 357 g/mol. The molecule has 3 heteroatoms. The molecule has 0 radical (unpaired) electrons. The second-order valence-electron chi connectivity index (χ2n) is 7.48. The third-order valence-corrected chi connectivity index (χ3v) is 5.33. The molecule has 0 aliphatic heterocycles. The number of aromatic carboxylic acids is 1. The first kappa shape index (κ1) is 17.5. The molecule has 136 valence electrons. The molecule has 1 aliphatic carbocycles. The molecule has 0 spiro atoms. The molecule has 27 heavy (non-hydrogen) atoms.